The summed E-state index contributed by atoms with van der Waals surface area (Å²) >= 11 is 2.09. The quantitative estimate of drug-likeness (QED) is 0.616. The number of halogens is 1. The average Bonchev–Trinajstić information content (AvgIpc) is 2.57. The SMILES string of the molecule is CC(C)CN(C(=O)c1ccccc1I)c1c(N)n(CC(C)C)c(=O)[nH]c1=O. The van der Waals surface area contributed by atoms with Crippen molar-refractivity contribution in [2.24, 2.45) is 11.8 Å². The number of aromatic nitrogens is 2. The maximum absolute atomic E-state index is 13.2. The Balaban J connectivity index is 2.67. The van der Waals surface area contributed by atoms with E-state index in [4.69, 9.17) is 5.73 Å². The zero-order valence-electron chi connectivity index (χ0n) is 16.0. The van der Waals surface area contributed by atoms with Gasteiger partial charge in [0.05, 0.1) is 5.56 Å². The molecule has 0 fully saturated rings. The van der Waals surface area contributed by atoms with Gasteiger partial charge in [-0.15, -0.1) is 0 Å². The van der Waals surface area contributed by atoms with E-state index in [1.165, 1.54) is 9.47 Å². The molecule has 0 saturated heterocycles. The minimum atomic E-state index is -0.655. The van der Waals surface area contributed by atoms with E-state index in [1.807, 2.05) is 39.8 Å². The van der Waals surface area contributed by atoms with Crippen LogP contribution in [0.3, 0.4) is 0 Å². The summed E-state index contributed by atoms with van der Waals surface area (Å²) in [6, 6.07) is 7.16. The predicted octanol–water partition coefficient (Wildman–Crippen LogP) is 2.68. The first-order chi connectivity index (χ1) is 12.6. The lowest BCUT2D eigenvalue weighted by atomic mass is 10.1. The van der Waals surface area contributed by atoms with Crippen LogP contribution >= 0.6 is 22.6 Å². The lowest BCUT2D eigenvalue weighted by Crippen LogP contribution is -2.43. The molecule has 0 atom stereocenters. The Morgan fingerprint density at radius 2 is 1.81 bits per heavy atom. The Bertz CT molecular complexity index is 947. The topological polar surface area (TPSA) is 101 Å². The first-order valence-corrected chi connectivity index (χ1v) is 9.90. The van der Waals surface area contributed by atoms with Gasteiger partial charge in [-0.1, -0.05) is 39.8 Å². The molecule has 2 aromatic rings. The smallest absolute Gasteiger partial charge is 0.330 e. The third-order valence-electron chi connectivity index (χ3n) is 3.93. The number of nitrogen functional groups attached to an aromatic ring is 1. The molecule has 2 rings (SSSR count). The fraction of sp³-hybridized carbons (Fsp3) is 0.421. The van der Waals surface area contributed by atoms with Crippen LogP contribution in [0.1, 0.15) is 38.1 Å². The average molecular weight is 484 g/mol. The van der Waals surface area contributed by atoms with Gasteiger partial charge in [-0.3, -0.25) is 19.1 Å². The van der Waals surface area contributed by atoms with Crippen LogP contribution in [0, 0.1) is 15.4 Å². The number of amides is 1. The lowest BCUT2D eigenvalue weighted by molar-refractivity contribution is 0.0982. The zero-order chi connectivity index (χ0) is 20.3. The molecular formula is C19H25IN4O3. The van der Waals surface area contributed by atoms with Crippen molar-refractivity contribution in [1.82, 2.24) is 9.55 Å². The number of nitrogens with one attached hydrogen (secondary N) is 1. The van der Waals surface area contributed by atoms with Gasteiger partial charge in [0, 0.05) is 16.7 Å². The van der Waals surface area contributed by atoms with Gasteiger partial charge < -0.3 is 10.6 Å². The Labute approximate surface area is 171 Å². The lowest BCUT2D eigenvalue weighted by Gasteiger charge is -2.26. The van der Waals surface area contributed by atoms with Gasteiger partial charge in [0.1, 0.15) is 5.82 Å². The van der Waals surface area contributed by atoms with Crippen LogP contribution in [-0.2, 0) is 6.54 Å². The zero-order valence-corrected chi connectivity index (χ0v) is 18.1. The van der Waals surface area contributed by atoms with Gasteiger partial charge in [0.15, 0.2) is 5.69 Å². The van der Waals surface area contributed by atoms with Gasteiger partial charge in [-0.05, 0) is 46.6 Å². The van der Waals surface area contributed by atoms with Crippen molar-refractivity contribution < 1.29 is 4.79 Å². The Morgan fingerprint density at radius 3 is 2.37 bits per heavy atom. The minimum absolute atomic E-state index is 0.0115. The molecule has 0 radical (unpaired) electrons. The highest BCUT2D eigenvalue weighted by Crippen LogP contribution is 2.23. The monoisotopic (exact) mass is 484 g/mol. The van der Waals surface area contributed by atoms with Crippen LogP contribution < -0.4 is 21.9 Å². The van der Waals surface area contributed by atoms with Crippen LogP contribution in [0.2, 0.25) is 0 Å². The van der Waals surface area contributed by atoms with E-state index in [0.29, 0.717) is 18.7 Å². The largest absolute Gasteiger partial charge is 0.383 e. The van der Waals surface area contributed by atoms with E-state index in [2.05, 4.69) is 27.6 Å². The molecular weight excluding hydrogens is 459 g/mol. The van der Waals surface area contributed by atoms with Gasteiger partial charge in [0.2, 0.25) is 0 Å². The van der Waals surface area contributed by atoms with Crippen molar-refractivity contribution in [3.8, 4) is 0 Å². The molecule has 1 amide bonds. The van der Waals surface area contributed by atoms with Crippen molar-refractivity contribution in [3.05, 3.63) is 54.2 Å². The fourth-order valence-electron chi connectivity index (χ4n) is 2.81. The van der Waals surface area contributed by atoms with E-state index in [0.717, 1.165) is 3.57 Å². The summed E-state index contributed by atoms with van der Waals surface area (Å²) in [6.45, 7) is 8.44. The third kappa shape index (κ3) is 4.79. The number of H-pyrrole nitrogens is 1. The molecule has 7 nitrogen and oxygen atoms in total. The summed E-state index contributed by atoms with van der Waals surface area (Å²) < 4.78 is 2.09. The highest BCUT2D eigenvalue weighted by atomic mass is 127. The molecule has 8 heteroatoms. The van der Waals surface area contributed by atoms with Crippen LogP contribution in [0.4, 0.5) is 11.5 Å². The summed E-state index contributed by atoms with van der Waals surface area (Å²) in [4.78, 5) is 41.7. The van der Waals surface area contributed by atoms with Crippen LogP contribution in [0.5, 0.6) is 0 Å². The summed E-state index contributed by atoms with van der Waals surface area (Å²) in [6.07, 6.45) is 0. The standard InChI is InChI=1S/C19H25IN4O3/c1-11(2)9-23(18(26)13-7-5-6-8-14(13)20)15-16(21)24(10-12(3)4)19(27)22-17(15)25/h5-8,11-12H,9-10,21H2,1-4H3,(H,22,25,27). The second-order valence-corrected chi connectivity index (χ2v) is 8.45. The predicted molar refractivity (Wildman–Crippen MR) is 116 cm³/mol. The first kappa shape index (κ1) is 21.2. The van der Waals surface area contributed by atoms with E-state index in [1.54, 1.807) is 12.1 Å². The molecule has 1 aromatic heterocycles. The highest BCUT2D eigenvalue weighted by Gasteiger charge is 2.27. The molecule has 146 valence electrons. The van der Waals surface area contributed by atoms with Gasteiger partial charge >= 0.3 is 5.69 Å². The normalized spacial score (nSPS) is 11.2. The summed E-state index contributed by atoms with van der Waals surface area (Å²) in [5, 5.41) is 0. The van der Waals surface area contributed by atoms with E-state index in [-0.39, 0.29) is 29.2 Å². The molecule has 0 spiro atoms. The van der Waals surface area contributed by atoms with Crippen molar-refractivity contribution in [2.45, 2.75) is 34.2 Å². The Kier molecular flexibility index (Phi) is 6.85. The number of benzene rings is 1. The number of aromatic amines is 1. The molecule has 27 heavy (non-hydrogen) atoms. The molecule has 1 aromatic carbocycles. The molecule has 1 heterocycles. The number of carbonyl (C=O) groups excluding carboxylic acids is 1. The van der Waals surface area contributed by atoms with Crippen LogP contribution in [0.15, 0.2) is 33.9 Å². The van der Waals surface area contributed by atoms with E-state index >= 15 is 0 Å². The number of rotatable bonds is 6. The van der Waals surface area contributed by atoms with Crippen LogP contribution in [-0.4, -0.2) is 22.0 Å². The number of nitrogens with zero attached hydrogens (tertiary/aromatic N) is 2. The highest BCUT2D eigenvalue weighted by molar-refractivity contribution is 14.1. The van der Waals surface area contributed by atoms with Crippen LogP contribution in [0.25, 0.3) is 0 Å². The molecule has 0 aliphatic heterocycles. The summed E-state index contributed by atoms with van der Waals surface area (Å²) in [5.41, 5.74) is 5.49. The Hall–Kier alpha value is -2.10. The molecule has 0 unspecified atom stereocenters. The number of carbonyl (C=O) groups is 1. The maximum atomic E-state index is 13.2. The van der Waals surface area contributed by atoms with Gasteiger partial charge in [0.25, 0.3) is 11.5 Å². The number of nitrogens with two attached hydrogens (primary N) is 1. The van der Waals surface area contributed by atoms with Gasteiger partial charge in [-0.25, -0.2) is 4.79 Å². The minimum Gasteiger partial charge on any atom is -0.383 e. The molecule has 0 aliphatic carbocycles. The number of hydrogen-bond donors (Lipinski definition) is 2. The van der Waals surface area contributed by atoms with Crippen molar-refractivity contribution in [2.75, 3.05) is 17.2 Å². The molecule has 0 bridgehead atoms. The third-order valence-corrected chi connectivity index (χ3v) is 4.87. The second kappa shape index (κ2) is 8.73. The van der Waals surface area contributed by atoms with Crippen molar-refractivity contribution in [3.63, 3.8) is 0 Å². The molecule has 3 N–H and O–H groups in total. The first-order valence-electron chi connectivity index (χ1n) is 8.82. The van der Waals surface area contributed by atoms with Crippen molar-refractivity contribution >= 4 is 40.0 Å². The molecule has 0 saturated carbocycles. The van der Waals surface area contributed by atoms with E-state index in [9.17, 15) is 14.4 Å². The van der Waals surface area contributed by atoms with Gasteiger partial charge in [-0.2, -0.15) is 0 Å². The van der Waals surface area contributed by atoms with Crippen molar-refractivity contribution in [1.29, 1.82) is 0 Å². The number of hydrogen-bond acceptors (Lipinski definition) is 4. The Morgan fingerprint density at radius 1 is 1.19 bits per heavy atom. The maximum Gasteiger partial charge on any atom is 0.330 e. The fourth-order valence-corrected chi connectivity index (χ4v) is 3.42. The summed E-state index contributed by atoms with van der Waals surface area (Å²) in [5.74, 6) is -0.0642. The summed E-state index contributed by atoms with van der Waals surface area (Å²) in [7, 11) is 0. The second-order valence-electron chi connectivity index (χ2n) is 7.29. The molecule has 0 aliphatic rings. The number of anilines is 2. The van der Waals surface area contributed by atoms with E-state index < -0.39 is 11.2 Å².